The molecule has 0 saturated carbocycles. The van der Waals surface area contributed by atoms with Gasteiger partial charge in [-0.05, 0) is 12.5 Å². The fourth-order valence-corrected chi connectivity index (χ4v) is 2.04. The van der Waals surface area contributed by atoms with Gasteiger partial charge in [0.05, 0.1) is 18.3 Å². The second-order valence-corrected chi connectivity index (χ2v) is 4.33. The van der Waals surface area contributed by atoms with Crippen molar-refractivity contribution in [2.45, 2.75) is 13.0 Å². The summed E-state index contributed by atoms with van der Waals surface area (Å²) < 4.78 is 1.62. The summed E-state index contributed by atoms with van der Waals surface area (Å²) in [5.74, 6) is 0.628. The van der Waals surface area contributed by atoms with Crippen molar-refractivity contribution in [2.75, 3.05) is 11.9 Å². The molecule has 1 heterocycles. The van der Waals surface area contributed by atoms with Gasteiger partial charge in [0, 0.05) is 7.05 Å². The Balaban J connectivity index is 2.32. The van der Waals surface area contributed by atoms with Crippen molar-refractivity contribution in [1.29, 1.82) is 5.26 Å². The first-order chi connectivity index (χ1) is 9.17. The number of benzene rings is 1. The molecule has 0 fully saturated rings. The highest BCUT2D eigenvalue weighted by molar-refractivity contribution is 5.56. The van der Waals surface area contributed by atoms with Gasteiger partial charge in [0.15, 0.2) is 0 Å². The van der Waals surface area contributed by atoms with Crippen molar-refractivity contribution in [1.82, 2.24) is 9.78 Å². The third-order valence-electron chi connectivity index (χ3n) is 3.03. The summed E-state index contributed by atoms with van der Waals surface area (Å²) in [5, 5.41) is 26.1. The maximum atomic E-state index is 9.53. The van der Waals surface area contributed by atoms with Crippen LogP contribution in [-0.4, -0.2) is 21.5 Å². The Morgan fingerprint density at radius 3 is 2.68 bits per heavy atom. The van der Waals surface area contributed by atoms with E-state index in [9.17, 15) is 5.11 Å². The minimum atomic E-state index is -0.261. The zero-order chi connectivity index (χ0) is 13.8. The van der Waals surface area contributed by atoms with Crippen LogP contribution >= 0.6 is 0 Å². The molecule has 1 aromatic heterocycles. The van der Waals surface area contributed by atoms with E-state index in [-0.39, 0.29) is 12.6 Å². The average Bonchev–Trinajstić information content (AvgIpc) is 2.70. The molecule has 1 atom stereocenters. The Hall–Kier alpha value is -2.32. The molecule has 5 nitrogen and oxygen atoms in total. The summed E-state index contributed by atoms with van der Waals surface area (Å²) in [6.45, 7) is 1.74. The molecule has 98 valence electrons. The van der Waals surface area contributed by atoms with Crippen LogP contribution in [0.4, 0.5) is 5.82 Å². The second kappa shape index (κ2) is 5.55. The topological polar surface area (TPSA) is 73.9 Å². The van der Waals surface area contributed by atoms with E-state index in [0.717, 1.165) is 5.56 Å². The standard InChI is InChI=1S/C14H16N4O/c1-10-12(8-15)14(18(2)17-10)16-13(9-19)11-6-4-3-5-7-11/h3-7,13,16,19H,9H2,1-2H3. The van der Waals surface area contributed by atoms with Gasteiger partial charge in [0.2, 0.25) is 0 Å². The summed E-state index contributed by atoms with van der Waals surface area (Å²) in [6, 6.07) is 11.5. The second-order valence-electron chi connectivity index (χ2n) is 4.33. The third kappa shape index (κ3) is 2.59. The van der Waals surface area contributed by atoms with Crippen LogP contribution < -0.4 is 5.32 Å². The lowest BCUT2D eigenvalue weighted by molar-refractivity contribution is 0.276. The first kappa shape index (κ1) is 13.1. The molecule has 0 aliphatic rings. The minimum absolute atomic E-state index is 0.0564. The molecule has 2 N–H and O–H groups in total. The van der Waals surface area contributed by atoms with E-state index in [1.807, 2.05) is 30.3 Å². The number of rotatable bonds is 4. The van der Waals surface area contributed by atoms with E-state index in [1.54, 1.807) is 18.7 Å². The molecule has 0 aliphatic heterocycles. The van der Waals surface area contributed by atoms with Crippen LogP contribution in [0.5, 0.6) is 0 Å². The Bertz CT molecular complexity index is 598. The molecule has 19 heavy (non-hydrogen) atoms. The van der Waals surface area contributed by atoms with Crippen LogP contribution in [0.3, 0.4) is 0 Å². The fraction of sp³-hybridized carbons (Fsp3) is 0.286. The van der Waals surface area contributed by atoms with E-state index < -0.39 is 0 Å². The van der Waals surface area contributed by atoms with Crippen LogP contribution in [0, 0.1) is 18.3 Å². The summed E-state index contributed by atoms with van der Waals surface area (Å²) in [6.07, 6.45) is 0. The number of nitriles is 1. The molecular formula is C14H16N4O. The normalized spacial score (nSPS) is 11.9. The Kier molecular flexibility index (Phi) is 3.83. The number of aliphatic hydroxyl groups excluding tert-OH is 1. The zero-order valence-corrected chi connectivity index (χ0v) is 11.0. The Morgan fingerprint density at radius 2 is 2.11 bits per heavy atom. The lowest BCUT2D eigenvalue weighted by Gasteiger charge is -2.18. The highest BCUT2D eigenvalue weighted by Gasteiger charge is 2.17. The molecule has 0 bridgehead atoms. The highest BCUT2D eigenvalue weighted by atomic mass is 16.3. The summed E-state index contributed by atoms with van der Waals surface area (Å²) in [4.78, 5) is 0. The lowest BCUT2D eigenvalue weighted by atomic mass is 10.1. The van der Waals surface area contributed by atoms with Crippen LogP contribution in [-0.2, 0) is 7.05 Å². The minimum Gasteiger partial charge on any atom is -0.394 e. The fourth-order valence-electron chi connectivity index (χ4n) is 2.04. The molecule has 5 heteroatoms. The molecule has 0 aliphatic carbocycles. The van der Waals surface area contributed by atoms with Gasteiger partial charge in [-0.1, -0.05) is 30.3 Å². The van der Waals surface area contributed by atoms with Gasteiger partial charge in [-0.3, -0.25) is 4.68 Å². The molecule has 0 amide bonds. The van der Waals surface area contributed by atoms with E-state index in [4.69, 9.17) is 5.26 Å². The Labute approximate surface area is 112 Å². The van der Waals surface area contributed by atoms with Crippen LogP contribution in [0.15, 0.2) is 30.3 Å². The third-order valence-corrected chi connectivity index (χ3v) is 3.03. The summed E-state index contributed by atoms with van der Waals surface area (Å²) in [5.41, 5.74) is 2.15. The summed E-state index contributed by atoms with van der Waals surface area (Å²) in [7, 11) is 1.77. The molecule has 2 aromatic rings. The Morgan fingerprint density at radius 1 is 1.42 bits per heavy atom. The van der Waals surface area contributed by atoms with E-state index in [0.29, 0.717) is 17.1 Å². The SMILES string of the molecule is Cc1nn(C)c(NC(CO)c2ccccc2)c1C#N. The lowest BCUT2D eigenvalue weighted by Crippen LogP contribution is -2.17. The van der Waals surface area contributed by atoms with Crippen molar-refractivity contribution in [3.05, 3.63) is 47.2 Å². The van der Waals surface area contributed by atoms with Crippen molar-refractivity contribution in [3.63, 3.8) is 0 Å². The van der Waals surface area contributed by atoms with Gasteiger partial charge in [-0.2, -0.15) is 10.4 Å². The monoisotopic (exact) mass is 256 g/mol. The number of aryl methyl sites for hydroxylation is 2. The number of nitrogens with one attached hydrogen (secondary N) is 1. The van der Waals surface area contributed by atoms with E-state index >= 15 is 0 Å². The zero-order valence-electron chi connectivity index (χ0n) is 11.0. The number of hydrogen-bond donors (Lipinski definition) is 2. The average molecular weight is 256 g/mol. The summed E-state index contributed by atoms with van der Waals surface area (Å²) >= 11 is 0. The van der Waals surface area contributed by atoms with Gasteiger partial charge in [-0.25, -0.2) is 0 Å². The highest BCUT2D eigenvalue weighted by Crippen LogP contribution is 2.23. The van der Waals surface area contributed by atoms with Crippen LogP contribution in [0.25, 0.3) is 0 Å². The smallest absolute Gasteiger partial charge is 0.142 e. The van der Waals surface area contributed by atoms with E-state index in [1.165, 1.54) is 0 Å². The quantitative estimate of drug-likeness (QED) is 0.874. The van der Waals surface area contributed by atoms with Gasteiger partial charge in [0.1, 0.15) is 17.5 Å². The number of hydrogen-bond acceptors (Lipinski definition) is 4. The molecule has 1 aromatic carbocycles. The van der Waals surface area contributed by atoms with Crippen molar-refractivity contribution < 1.29 is 5.11 Å². The van der Waals surface area contributed by atoms with Gasteiger partial charge in [-0.15, -0.1) is 0 Å². The first-order valence-corrected chi connectivity index (χ1v) is 6.03. The maximum Gasteiger partial charge on any atom is 0.142 e. The molecule has 1 unspecified atom stereocenters. The predicted molar refractivity (Wildman–Crippen MR) is 72.6 cm³/mol. The van der Waals surface area contributed by atoms with Crippen molar-refractivity contribution >= 4 is 5.82 Å². The molecule has 0 radical (unpaired) electrons. The van der Waals surface area contributed by atoms with Crippen molar-refractivity contribution in [3.8, 4) is 6.07 Å². The molecule has 0 spiro atoms. The number of aliphatic hydroxyl groups is 1. The molecule has 0 saturated heterocycles. The molecular weight excluding hydrogens is 240 g/mol. The van der Waals surface area contributed by atoms with Gasteiger partial charge in [0.25, 0.3) is 0 Å². The number of aromatic nitrogens is 2. The van der Waals surface area contributed by atoms with Crippen LogP contribution in [0.1, 0.15) is 22.9 Å². The first-order valence-electron chi connectivity index (χ1n) is 6.03. The number of anilines is 1. The van der Waals surface area contributed by atoms with Gasteiger partial charge < -0.3 is 10.4 Å². The predicted octanol–water partition coefficient (Wildman–Crippen LogP) is 1.75. The van der Waals surface area contributed by atoms with Crippen molar-refractivity contribution in [2.24, 2.45) is 7.05 Å². The van der Waals surface area contributed by atoms with E-state index in [2.05, 4.69) is 16.5 Å². The van der Waals surface area contributed by atoms with Gasteiger partial charge >= 0.3 is 0 Å². The van der Waals surface area contributed by atoms with Crippen LogP contribution in [0.2, 0.25) is 0 Å². The molecule has 2 rings (SSSR count). The number of nitrogens with zero attached hydrogens (tertiary/aromatic N) is 3. The largest absolute Gasteiger partial charge is 0.394 e. The maximum absolute atomic E-state index is 9.53.